The fourth-order valence-corrected chi connectivity index (χ4v) is 1.32. The van der Waals surface area contributed by atoms with E-state index in [9.17, 15) is 0 Å². The van der Waals surface area contributed by atoms with E-state index >= 15 is 0 Å². The van der Waals surface area contributed by atoms with Gasteiger partial charge < -0.3 is 14.6 Å². The van der Waals surface area contributed by atoms with Crippen molar-refractivity contribution in [3.8, 4) is 17.2 Å². The lowest BCUT2D eigenvalue weighted by molar-refractivity contribution is 0.271. The summed E-state index contributed by atoms with van der Waals surface area (Å²) >= 11 is 0. The molecule has 0 bridgehead atoms. The van der Waals surface area contributed by atoms with Crippen LogP contribution in [0.15, 0.2) is 18.2 Å². The van der Waals surface area contributed by atoms with Gasteiger partial charge in [-0.25, -0.2) is 0 Å². The first-order chi connectivity index (χ1) is 8.26. The zero-order valence-electron chi connectivity index (χ0n) is 9.49. The highest BCUT2D eigenvalue weighted by Crippen LogP contribution is 2.23. The summed E-state index contributed by atoms with van der Waals surface area (Å²) in [4.78, 5) is 1.30. The average Bonchev–Trinajstić information content (AvgIpc) is 2.86. The normalized spacial score (nSPS) is 10.3. The third-order valence-electron chi connectivity index (χ3n) is 2.16. The molecule has 1 aromatic heterocycles. The molecule has 0 saturated carbocycles. The molecule has 1 aromatic carbocycles. The van der Waals surface area contributed by atoms with Crippen LogP contribution in [0.3, 0.4) is 0 Å². The van der Waals surface area contributed by atoms with Crippen LogP contribution in [-0.4, -0.2) is 39.5 Å². The van der Waals surface area contributed by atoms with E-state index in [0.717, 1.165) is 0 Å². The Morgan fingerprint density at radius 3 is 2.29 bits per heavy atom. The van der Waals surface area contributed by atoms with Crippen LogP contribution in [0.5, 0.6) is 11.5 Å². The van der Waals surface area contributed by atoms with E-state index in [4.69, 9.17) is 14.6 Å². The van der Waals surface area contributed by atoms with Crippen molar-refractivity contribution in [2.75, 3.05) is 14.2 Å². The molecule has 0 spiro atoms. The fourth-order valence-electron chi connectivity index (χ4n) is 1.32. The minimum atomic E-state index is -0.249. The predicted molar refractivity (Wildman–Crippen MR) is 58.2 cm³/mol. The molecule has 0 saturated heterocycles. The molecule has 17 heavy (non-hydrogen) atoms. The van der Waals surface area contributed by atoms with Gasteiger partial charge in [-0.3, -0.25) is 0 Å². The Morgan fingerprint density at radius 2 is 1.82 bits per heavy atom. The third kappa shape index (κ3) is 2.34. The molecule has 0 atom stereocenters. The van der Waals surface area contributed by atoms with E-state index in [0.29, 0.717) is 17.2 Å². The second-order valence-corrected chi connectivity index (χ2v) is 3.22. The van der Waals surface area contributed by atoms with Crippen LogP contribution < -0.4 is 9.47 Å². The molecular weight excluding hydrogens is 224 g/mol. The van der Waals surface area contributed by atoms with Crippen molar-refractivity contribution in [1.29, 1.82) is 0 Å². The number of aliphatic hydroxyl groups is 1. The molecule has 0 fully saturated rings. The average molecular weight is 236 g/mol. The van der Waals surface area contributed by atoms with Gasteiger partial charge in [-0.1, -0.05) is 0 Å². The summed E-state index contributed by atoms with van der Waals surface area (Å²) in [6.07, 6.45) is 0. The zero-order chi connectivity index (χ0) is 12.3. The SMILES string of the molecule is COc1cc(OC)cc(-n2nnc(CO)n2)c1. The van der Waals surface area contributed by atoms with Crippen LogP contribution in [0, 0.1) is 0 Å². The van der Waals surface area contributed by atoms with Crippen LogP contribution in [0.1, 0.15) is 5.82 Å². The highest BCUT2D eigenvalue weighted by atomic mass is 16.5. The van der Waals surface area contributed by atoms with Gasteiger partial charge in [-0.05, 0) is 5.21 Å². The molecule has 1 N–H and O–H groups in total. The predicted octanol–water partition coefficient (Wildman–Crippen LogP) is 0.172. The highest BCUT2D eigenvalue weighted by Gasteiger charge is 2.07. The Bertz CT molecular complexity index is 490. The Morgan fingerprint density at radius 1 is 1.18 bits per heavy atom. The molecule has 7 heteroatoms. The molecule has 0 radical (unpaired) electrons. The molecule has 2 aromatic rings. The first-order valence-corrected chi connectivity index (χ1v) is 4.90. The van der Waals surface area contributed by atoms with Crippen molar-refractivity contribution in [1.82, 2.24) is 20.2 Å². The first-order valence-electron chi connectivity index (χ1n) is 4.90. The van der Waals surface area contributed by atoms with Crippen LogP contribution >= 0.6 is 0 Å². The first kappa shape index (κ1) is 11.3. The smallest absolute Gasteiger partial charge is 0.200 e. The summed E-state index contributed by atoms with van der Waals surface area (Å²) in [6, 6.07) is 5.23. The quantitative estimate of drug-likeness (QED) is 0.815. The molecule has 0 aliphatic heterocycles. The van der Waals surface area contributed by atoms with Crippen LogP contribution in [0.25, 0.3) is 5.69 Å². The number of ether oxygens (including phenoxy) is 2. The molecule has 0 aliphatic carbocycles. The van der Waals surface area contributed by atoms with Crippen molar-refractivity contribution in [3.63, 3.8) is 0 Å². The van der Waals surface area contributed by atoms with Gasteiger partial charge >= 0.3 is 0 Å². The van der Waals surface area contributed by atoms with Gasteiger partial charge in [-0.2, -0.15) is 0 Å². The van der Waals surface area contributed by atoms with E-state index in [1.54, 1.807) is 32.4 Å². The Labute approximate surface area is 97.6 Å². The highest BCUT2D eigenvalue weighted by molar-refractivity contribution is 5.45. The van der Waals surface area contributed by atoms with Crippen LogP contribution in [0.2, 0.25) is 0 Å². The topological polar surface area (TPSA) is 82.3 Å². The maximum Gasteiger partial charge on any atom is 0.200 e. The Hall–Kier alpha value is -2.15. The molecule has 7 nitrogen and oxygen atoms in total. The molecule has 2 rings (SSSR count). The van der Waals surface area contributed by atoms with Gasteiger partial charge in [0.05, 0.1) is 19.9 Å². The number of aromatic nitrogens is 4. The van der Waals surface area contributed by atoms with E-state index < -0.39 is 0 Å². The Kier molecular flexibility index (Phi) is 3.20. The lowest BCUT2D eigenvalue weighted by atomic mass is 10.3. The van der Waals surface area contributed by atoms with Crippen molar-refractivity contribution in [2.24, 2.45) is 0 Å². The monoisotopic (exact) mass is 236 g/mol. The van der Waals surface area contributed by atoms with Gasteiger partial charge in [0.1, 0.15) is 18.1 Å². The minimum absolute atomic E-state index is 0.249. The summed E-state index contributed by atoms with van der Waals surface area (Å²) in [7, 11) is 3.12. The van der Waals surface area contributed by atoms with Gasteiger partial charge in [0.25, 0.3) is 0 Å². The van der Waals surface area contributed by atoms with E-state index in [1.165, 1.54) is 4.80 Å². The number of rotatable bonds is 4. The van der Waals surface area contributed by atoms with Crippen LogP contribution in [0.4, 0.5) is 0 Å². The lowest BCUT2D eigenvalue weighted by Gasteiger charge is -2.06. The summed E-state index contributed by atoms with van der Waals surface area (Å²) in [5, 5.41) is 20.3. The number of tetrazole rings is 1. The van der Waals surface area contributed by atoms with Crippen molar-refractivity contribution >= 4 is 0 Å². The fraction of sp³-hybridized carbons (Fsp3) is 0.300. The van der Waals surface area contributed by atoms with Gasteiger partial charge in [0.15, 0.2) is 0 Å². The maximum atomic E-state index is 8.87. The largest absolute Gasteiger partial charge is 0.497 e. The number of methoxy groups -OCH3 is 2. The van der Waals surface area contributed by atoms with Crippen molar-refractivity contribution in [3.05, 3.63) is 24.0 Å². The molecular formula is C10H12N4O3. The third-order valence-corrected chi connectivity index (χ3v) is 2.16. The zero-order valence-corrected chi connectivity index (χ0v) is 9.49. The summed E-state index contributed by atoms with van der Waals surface area (Å²) < 4.78 is 10.3. The number of nitrogens with zero attached hydrogens (tertiary/aromatic N) is 4. The summed E-state index contributed by atoms with van der Waals surface area (Å²) in [5.41, 5.74) is 0.647. The molecule has 0 aliphatic rings. The van der Waals surface area contributed by atoms with Gasteiger partial charge in [0.2, 0.25) is 5.82 Å². The second kappa shape index (κ2) is 4.79. The van der Waals surface area contributed by atoms with E-state index in [-0.39, 0.29) is 12.4 Å². The standard InChI is InChI=1S/C10H12N4O3/c1-16-8-3-7(4-9(5-8)17-2)14-12-10(6-15)11-13-14/h3-5,15H,6H2,1-2H3. The molecule has 0 amide bonds. The number of hydrogen-bond donors (Lipinski definition) is 1. The Balaban J connectivity index is 2.43. The lowest BCUT2D eigenvalue weighted by Crippen LogP contribution is -2.01. The van der Waals surface area contributed by atoms with E-state index in [1.807, 2.05) is 0 Å². The molecule has 1 heterocycles. The van der Waals surface area contributed by atoms with Gasteiger partial charge in [-0.15, -0.1) is 15.0 Å². The van der Waals surface area contributed by atoms with Gasteiger partial charge in [0, 0.05) is 18.2 Å². The number of aliphatic hydroxyl groups excluding tert-OH is 1. The molecule has 0 unspecified atom stereocenters. The summed E-state index contributed by atoms with van der Waals surface area (Å²) in [6.45, 7) is -0.249. The van der Waals surface area contributed by atoms with Crippen molar-refractivity contribution in [2.45, 2.75) is 6.61 Å². The second-order valence-electron chi connectivity index (χ2n) is 3.22. The van der Waals surface area contributed by atoms with Crippen molar-refractivity contribution < 1.29 is 14.6 Å². The van der Waals surface area contributed by atoms with Crippen LogP contribution in [-0.2, 0) is 6.61 Å². The molecule has 90 valence electrons. The number of hydrogen-bond acceptors (Lipinski definition) is 6. The maximum absolute atomic E-state index is 8.87. The summed E-state index contributed by atoms with van der Waals surface area (Å²) in [5.74, 6) is 1.51. The minimum Gasteiger partial charge on any atom is -0.497 e. The number of benzene rings is 1. The van der Waals surface area contributed by atoms with E-state index in [2.05, 4.69) is 15.4 Å².